The second-order valence-electron chi connectivity index (χ2n) is 7.25. The predicted molar refractivity (Wildman–Crippen MR) is 98.3 cm³/mol. The zero-order valence-electron chi connectivity index (χ0n) is 14.9. The van der Waals surface area contributed by atoms with Gasteiger partial charge in [0.15, 0.2) is 0 Å². The lowest BCUT2D eigenvalue weighted by molar-refractivity contribution is -0.126. The molecule has 5 nitrogen and oxygen atoms in total. The maximum Gasteiger partial charge on any atom is 0.253 e. The molecule has 1 aromatic rings. The number of hydrogen-bond acceptors (Lipinski definition) is 3. The molecule has 3 rings (SSSR count). The fourth-order valence-corrected chi connectivity index (χ4v) is 3.85. The Bertz CT molecular complexity index is 570. The summed E-state index contributed by atoms with van der Waals surface area (Å²) in [6.45, 7) is 4.21. The number of hydrogen-bond donors (Lipinski definition) is 2. The van der Waals surface area contributed by atoms with Crippen molar-refractivity contribution >= 4 is 11.8 Å². The number of likely N-dealkylation sites (tertiary alicyclic amines) is 1. The quantitative estimate of drug-likeness (QED) is 0.860. The number of benzene rings is 1. The fraction of sp³-hybridized carbons (Fsp3) is 0.600. The Morgan fingerprint density at radius 2 is 2.00 bits per heavy atom. The molecule has 0 radical (unpaired) electrons. The van der Waals surface area contributed by atoms with Gasteiger partial charge in [-0.3, -0.25) is 9.59 Å². The second kappa shape index (κ2) is 8.99. The third-order valence-electron chi connectivity index (χ3n) is 5.35. The molecule has 1 aromatic carbocycles. The molecule has 0 saturated carbocycles. The minimum atomic E-state index is -0.0779. The van der Waals surface area contributed by atoms with E-state index in [9.17, 15) is 9.59 Å². The highest BCUT2D eigenvalue weighted by Crippen LogP contribution is 2.19. The lowest BCUT2D eigenvalue weighted by Gasteiger charge is -2.32. The van der Waals surface area contributed by atoms with Crippen LogP contribution >= 0.6 is 0 Å². The molecule has 0 aromatic heterocycles. The van der Waals surface area contributed by atoms with Gasteiger partial charge in [-0.05, 0) is 63.2 Å². The van der Waals surface area contributed by atoms with Crippen molar-refractivity contribution in [2.75, 3.05) is 32.7 Å². The summed E-state index contributed by atoms with van der Waals surface area (Å²) in [4.78, 5) is 26.9. The van der Waals surface area contributed by atoms with Crippen LogP contribution in [0.25, 0.3) is 0 Å². The molecule has 2 saturated heterocycles. The summed E-state index contributed by atoms with van der Waals surface area (Å²) >= 11 is 0. The standard InChI is InChI=1S/C20H29N3O2/c24-19(22-12-10-16-6-4-11-21-14-16)18-9-5-13-23(15-18)20(25)17-7-2-1-3-8-17/h1-3,7-8,16,18,21H,4-6,9-15H2,(H,22,24). The summed E-state index contributed by atoms with van der Waals surface area (Å²) in [5, 5.41) is 6.51. The number of carbonyl (C=O) groups is 2. The van der Waals surface area contributed by atoms with Crippen LogP contribution in [0.4, 0.5) is 0 Å². The maximum absolute atomic E-state index is 12.6. The normalized spacial score (nSPS) is 23.9. The van der Waals surface area contributed by atoms with E-state index in [0.29, 0.717) is 18.0 Å². The van der Waals surface area contributed by atoms with Crippen LogP contribution in [-0.4, -0.2) is 49.4 Å². The van der Waals surface area contributed by atoms with Crippen LogP contribution in [-0.2, 0) is 4.79 Å². The Kier molecular flexibility index (Phi) is 6.45. The molecule has 136 valence electrons. The molecule has 2 amide bonds. The van der Waals surface area contributed by atoms with Gasteiger partial charge in [-0.15, -0.1) is 0 Å². The van der Waals surface area contributed by atoms with Crippen LogP contribution in [0.2, 0.25) is 0 Å². The van der Waals surface area contributed by atoms with Gasteiger partial charge in [-0.1, -0.05) is 18.2 Å². The number of nitrogens with one attached hydrogen (secondary N) is 2. The lowest BCUT2D eigenvalue weighted by Crippen LogP contribution is -2.45. The molecule has 2 unspecified atom stereocenters. The molecule has 0 spiro atoms. The zero-order valence-corrected chi connectivity index (χ0v) is 14.9. The molecular formula is C20H29N3O2. The highest BCUT2D eigenvalue weighted by molar-refractivity contribution is 5.94. The van der Waals surface area contributed by atoms with Gasteiger partial charge in [0, 0.05) is 25.2 Å². The summed E-state index contributed by atoms with van der Waals surface area (Å²) in [6.07, 6.45) is 5.29. The van der Waals surface area contributed by atoms with Gasteiger partial charge in [0.25, 0.3) is 5.91 Å². The van der Waals surface area contributed by atoms with E-state index in [2.05, 4.69) is 10.6 Å². The van der Waals surface area contributed by atoms with Crippen LogP contribution in [0.5, 0.6) is 0 Å². The van der Waals surface area contributed by atoms with E-state index >= 15 is 0 Å². The Morgan fingerprint density at radius 3 is 2.76 bits per heavy atom. The Balaban J connectivity index is 1.45. The molecule has 2 aliphatic rings. The van der Waals surface area contributed by atoms with E-state index in [1.807, 2.05) is 35.2 Å². The summed E-state index contributed by atoms with van der Waals surface area (Å²) in [5.74, 6) is 0.739. The molecule has 2 aliphatic heterocycles. The van der Waals surface area contributed by atoms with Gasteiger partial charge in [0.05, 0.1) is 5.92 Å². The fourth-order valence-electron chi connectivity index (χ4n) is 3.85. The van der Waals surface area contributed by atoms with Crippen LogP contribution in [0.3, 0.4) is 0 Å². The van der Waals surface area contributed by atoms with Gasteiger partial charge in [0.1, 0.15) is 0 Å². The smallest absolute Gasteiger partial charge is 0.253 e. The summed E-state index contributed by atoms with van der Waals surface area (Å²) < 4.78 is 0. The number of piperidine rings is 2. The number of rotatable bonds is 5. The molecule has 25 heavy (non-hydrogen) atoms. The lowest BCUT2D eigenvalue weighted by atomic mass is 9.95. The number of nitrogens with zero attached hydrogens (tertiary/aromatic N) is 1. The predicted octanol–water partition coefficient (Wildman–Crippen LogP) is 2.04. The van der Waals surface area contributed by atoms with Crippen molar-refractivity contribution in [1.29, 1.82) is 0 Å². The topological polar surface area (TPSA) is 61.4 Å². The van der Waals surface area contributed by atoms with E-state index in [-0.39, 0.29) is 17.7 Å². The molecule has 2 heterocycles. The highest BCUT2D eigenvalue weighted by atomic mass is 16.2. The average Bonchev–Trinajstić information content (AvgIpc) is 2.69. The number of amides is 2. The first-order valence-electron chi connectivity index (χ1n) is 9.57. The van der Waals surface area contributed by atoms with Crippen molar-refractivity contribution < 1.29 is 9.59 Å². The Morgan fingerprint density at radius 1 is 1.16 bits per heavy atom. The van der Waals surface area contributed by atoms with E-state index in [0.717, 1.165) is 45.4 Å². The van der Waals surface area contributed by atoms with E-state index < -0.39 is 0 Å². The first kappa shape index (κ1) is 17.9. The molecular weight excluding hydrogens is 314 g/mol. The van der Waals surface area contributed by atoms with Crippen molar-refractivity contribution in [2.24, 2.45) is 11.8 Å². The third-order valence-corrected chi connectivity index (χ3v) is 5.35. The van der Waals surface area contributed by atoms with Gasteiger partial charge in [0.2, 0.25) is 5.91 Å². The molecule has 2 atom stereocenters. The first-order chi connectivity index (χ1) is 12.2. The minimum absolute atomic E-state index is 0.0337. The van der Waals surface area contributed by atoms with Crippen LogP contribution in [0, 0.1) is 11.8 Å². The van der Waals surface area contributed by atoms with Crippen LogP contribution in [0.15, 0.2) is 30.3 Å². The molecule has 0 aliphatic carbocycles. The Hall–Kier alpha value is -1.88. The van der Waals surface area contributed by atoms with Crippen molar-refractivity contribution in [1.82, 2.24) is 15.5 Å². The zero-order chi connectivity index (χ0) is 17.5. The van der Waals surface area contributed by atoms with Gasteiger partial charge in [-0.25, -0.2) is 0 Å². The van der Waals surface area contributed by atoms with Crippen LogP contribution in [0.1, 0.15) is 42.5 Å². The summed E-state index contributed by atoms with van der Waals surface area (Å²) in [7, 11) is 0. The number of carbonyl (C=O) groups excluding carboxylic acids is 2. The van der Waals surface area contributed by atoms with Crippen molar-refractivity contribution in [3.8, 4) is 0 Å². The SMILES string of the molecule is O=C(NCCC1CCCNC1)C1CCCN(C(=O)c2ccccc2)C1. The Labute approximate surface area is 150 Å². The summed E-state index contributed by atoms with van der Waals surface area (Å²) in [6, 6.07) is 9.34. The highest BCUT2D eigenvalue weighted by Gasteiger charge is 2.28. The van der Waals surface area contributed by atoms with Gasteiger partial charge in [-0.2, -0.15) is 0 Å². The minimum Gasteiger partial charge on any atom is -0.356 e. The van der Waals surface area contributed by atoms with Crippen molar-refractivity contribution in [3.05, 3.63) is 35.9 Å². The monoisotopic (exact) mass is 343 g/mol. The maximum atomic E-state index is 12.6. The third kappa shape index (κ3) is 5.05. The van der Waals surface area contributed by atoms with Crippen LogP contribution < -0.4 is 10.6 Å². The molecule has 2 fully saturated rings. The molecule has 5 heteroatoms. The van der Waals surface area contributed by atoms with Crippen molar-refractivity contribution in [3.63, 3.8) is 0 Å². The second-order valence-corrected chi connectivity index (χ2v) is 7.25. The van der Waals surface area contributed by atoms with Gasteiger partial charge < -0.3 is 15.5 Å². The average molecular weight is 343 g/mol. The molecule has 0 bridgehead atoms. The summed E-state index contributed by atoms with van der Waals surface area (Å²) in [5.41, 5.74) is 0.702. The van der Waals surface area contributed by atoms with Crippen molar-refractivity contribution in [2.45, 2.75) is 32.1 Å². The first-order valence-corrected chi connectivity index (χ1v) is 9.57. The largest absolute Gasteiger partial charge is 0.356 e. The molecule has 2 N–H and O–H groups in total. The van der Waals surface area contributed by atoms with E-state index in [1.165, 1.54) is 12.8 Å². The van der Waals surface area contributed by atoms with E-state index in [4.69, 9.17) is 0 Å². The van der Waals surface area contributed by atoms with E-state index in [1.54, 1.807) is 0 Å². The van der Waals surface area contributed by atoms with Gasteiger partial charge >= 0.3 is 0 Å².